The van der Waals surface area contributed by atoms with E-state index in [1.165, 1.54) is 31.5 Å². The summed E-state index contributed by atoms with van der Waals surface area (Å²) in [6.07, 6.45) is 5.81. The number of nitrogens with one attached hydrogen (secondary N) is 1. The lowest BCUT2D eigenvalue weighted by Crippen LogP contribution is -2.09. The van der Waals surface area contributed by atoms with Crippen molar-refractivity contribution in [2.75, 3.05) is 13.7 Å². The number of pyridine rings is 1. The summed E-state index contributed by atoms with van der Waals surface area (Å²) in [6, 6.07) is 1.46. The second-order valence-electron chi connectivity index (χ2n) is 4.06. The molecule has 0 radical (unpaired) electrons. The molecule has 0 saturated heterocycles. The molecular weight excluding hydrogens is 219 g/mol. The maximum atomic E-state index is 13.0. The third kappa shape index (κ3) is 5.13. The molecular formula is C13H21FN2O. The molecule has 0 aliphatic rings. The number of nitrogens with zero attached hydrogens (tertiary/aromatic N) is 1. The van der Waals surface area contributed by atoms with Crippen LogP contribution in [-0.4, -0.2) is 18.6 Å². The van der Waals surface area contributed by atoms with Gasteiger partial charge in [-0.3, -0.25) is 0 Å². The molecule has 1 aromatic heterocycles. The summed E-state index contributed by atoms with van der Waals surface area (Å²) in [7, 11) is 1.82. The van der Waals surface area contributed by atoms with Crippen LogP contribution in [0.3, 0.4) is 0 Å². The Morgan fingerprint density at radius 2 is 2.18 bits per heavy atom. The van der Waals surface area contributed by atoms with E-state index < -0.39 is 0 Å². The van der Waals surface area contributed by atoms with Gasteiger partial charge in [0.1, 0.15) is 5.82 Å². The van der Waals surface area contributed by atoms with Crippen molar-refractivity contribution >= 4 is 0 Å². The normalized spacial score (nSPS) is 10.5. The van der Waals surface area contributed by atoms with Gasteiger partial charge in [0.15, 0.2) is 0 Å². The highest BCUT2D eigenvalue weighted by Gasteiger charge is 2.06. The molecule has 96 valence electrons. The van der Waals surface area contributed by atoms with E-state index >= 15 is 0 Å². The van der Waals surface area contributed by atoms with Gasteiger partial charge in [-0.15, -0.1) is 0 Å². The zero-order valence-electron chi connectivity index (χ0n) is 10.6. The molecule has 0 aliphatic carbocycles. The second kappa shape index (κ2) is 8.01. The monoisotopic (exact) mass is 240 g/mol. The number of aromatic nitrogens is 1. The Morgan fingerprint density at radius 1 is 1.35 bits per heavy atom. The highest BCUT2D eigenvalue weighted by molar-refractivity contribution is 5.25. The summed E-state index contributed by atoms with van der Waals surface area (Å²) < 4.78 is 18.6. The molecule has 4 heteroatoms. The molecule has 3 nitrogen and oxygen atoms in total. The average Bonchev–Trinajstić information content (AvgIpc) is 2.32. The van der Waals surface area contributed by atoms with Crippen LogP contribution < -0.4 is 10.1 Å². The van der Waals surface area contributed by atoms with Gasteiger partial charge in [0, 0.05) is 12.1 Å². The lowest BCUT2D eigenvalue weighted by molar-refractivity contribution is 0.289. The summed E-state index contributed by atoms with van der Waals surface area (Å²) in [5.41, 5.74) is 0.767. The number of ether oxygens (including phenoxy) is 1. The maximum absolute atomic E-state index is 13.0. The van der Waals surface area contributed by atoms with Gasteiger partial charge in [0.2, 0.25) is 5.88 Å². The highest BCUT2D eigenvalue weighted by atomic mass is 19.1. The summed E-state index contributed by atoms with van der Waals surface area (Å²) in [5, 5.41) is 2.98. The summed E-state index contributed by atoms with van der Waals surface area (Å²) in [6.45, 7) is 3.39. The van der Waals surface area contributed by atoms with Crippen molar-refractivity contribution in [3.05, 3.63) is 23.6 Å². The van der Waals surface area contributed by atoms with Crippen LogP contribution in [0.25, 0.3) is 0 Å². The number of hydrogen-bond acceptors (Lipinski definition) is 3. The van der Waals surface area contributed by atoms with Crippen molar-refractivity contribution in [2.24, 2.45) is 0 Å². The summed E-state index contributed by atoms with van der Waals surface area (Å²) >= 11 is 0. The zero-order valence-corrected chi connectivity index (χ0v) is 10.6. The van der Waals surface area contributed by atoms with E-state index in [0.717, 1.165) is 12.0 Å². The lowest BCUT2D eigenvalue weighted by Gasteiger charge is -2.10. The van der Waals surface area contributed by atoms with Gasteiger partial charge in [0.25, 0.3) is 0 Å². The van der Waals surface area contributed by atoms with Crippen molar-refractivity contribution in [3.8, 4) is 5.88 Å². The van der Waals surface area contributed by atoms with Gasteiger partial charge in [-0.05, 0) is 19.5 Å². The molecule has 0 fully saturated rings. The zero-order chi connectivity index (χ0) is 12.5. The number of halogens is 1. The molecule has 0 amide bonds. The molecule has 17 heavy (non-hydrogen) atoms. The van der Waals surface area contributed by atoms with Crippen LogP contribution in [0.2, 0.25) is 0 Å². The molecule has 0 aliphatic heterocycles. The Morgan fingerprint density at radius 3 is 2.88 bits per heavy atom. The van der Waals surface area contributed by atoms with Crippen molar-refractivity contribution in [1.82, 2.24) is 10.3 Å². The topological polar surface area (TPSA) is 34.1 Å². The molecule has 1 heterocycles. The van der Waals surface area contributed by atoms with Crippen molar-refractivity contribution < 1.29 is 9.13 Å². The summed E-state index contributed by atoms with van der Waals surface area (Å²) in [4.78, 5) is 3.98. The molecule has 0 unspecified atom stereocenters. The van der Waals surface area contributed by atoms with Crippen LogP contribution in [0.5, 0.6) is 5.88 Å². The van der Waals surface area contributed by atoms with E-state index in [4.69, 9.17) is 4.74 Å². The Labute approximate surface area is 102 Å². The van der Waals surface area contributed by atoms with E-state index in [-0.39, 0.29) is 5.82 Å². The first-order chi connectivity index (χ1) is 8.27. The summed E-state index contributed by atoms with van der Waals surface area (Å²) in [5.74, 6) is 0.214. The van der Waals surface area contributed by atoms with Crippen LogP contribution in [0.15, 0.2) is 12.3 Å². The number of hydrogen-bond donors (Lipinski definition) is 1. The van der Waals surface area contributed by atoms with Gasteiger partial charge in [-0.2, -0.15) is 0 Å². The molecule has 0 atom stereocenters. The second-order valence-corrected chi connectivity index (χ2v) is 4.06. The molecule has 1 aromatic rings. The first-order valence-electron chi connectivity index (χ1n) is 6.19. The van der Waals surface area contributed by atoms with Crippen LogP contribution in [0, 0.1) is 5.82 Å². The van der Waals surface area contributed by atoms with E-state index in [2.05, 4.69) is 17.2 Å². The van der Waals surface area contributed by atoms with Crippen molar-refractivity contribution in [1.29, 1.82) is 0 Å². The predicted octanol–water partition coefficient (Wildman–Crippen LogP) is 2.90. The van der Waals surface area contributed by atoms with Crippen LogP contribution >= 0.6 is 0 Å². The van der Waals surface area contributed by atoms with Crippen LogP contribution in [-0.2, 0) is 6.54 Å². The smallest absolute Gasteiger partial charge is 0.218 e. The third-order valence-electron chi connectivity index (χ3n) is 2.50. The van der Waals surface area contributed by atoms with E-state index in [9.17, 15) is 4.39 Å². The average molecular weight is 240 g/mol. The number of rotatable bonds is 8. The minimum Gasteiger partial charge on any atom is -0.477 e. The van der Waals surface area contributed by atoms with Gasteiger partial charge in [-0.1, -0.05) is 26.2 Å². The number of unbranched alkanes of at least 4 members (excludes halogenated alkanes) is 3. The molecule has 1 rings (SSSR count). The Hall–Kier alpha value is -1.16. The quantitative estimate of drug-likeness (QED) is 0.709. The fourth-order valence-electron chi connectivity index (χ4n) is 1.61. The van der Waals surface area contributed by atoms with Gasteiger partial charge >= 0.3 is 0 Å². The van der Waals surface area contributed by atoms with E-state index in [1.54, 1.807) is 0 Å². The predicted molar refractivity (Wildman–Crippen MR) is 66.6 cm³/mol. The van der Waals surface area contributed by atoms with Gasteiger partial charge < -0.3 is 10.1 Å². The fraction of sp³-hybridized carbons (Fsp3) is 0.615. The minimum absolute atomic E-state index is 0.325. The van der Waals surface area contributed by atoms with Gasteiger partial charge in [-0.25, -0.2) is 9.37 Å². The molecule has 0 spiro atoms. The fourth-order valence-corrected chi connectivity index (χ4v) is 1.61. The Bertz CT molecular complexity index is 331. The van der Waals surface area contributed by atoms with E-state index in [0.29, 0.717) is 19.0 Å². The first-order valence-corrected chi connectivity index (χ1v) is 6.19. The molecule has 0 saturated carbocycles. The SMILES string of the molecule is CCCCCCOc1ncc(F)cc1CNC. The Kier molecular flexibility index (Phi) is 6.55. The lowest BCUT2D eigenvalue weighted by atomic mass is 10.2. The van der Waals surface area contributed by atoms with E-state index in [1.807, 2.05) is 7.05 Å². The highest BCUT2D eigenvalue weighted by Crippen LogP contribution is 2.16. The Balaban J connectivity index is 2.45. The minimum atomic E-state index is -0.325. The van der Waals surface area contributed by atoms with Crippen molar-refractivity contribution in [3.63, 3.8) is 0 Å². The molecule has 0 aromatic carbocycles. The first kappa shape index (κ1) is 13.9. The molecule has 1 N–H and O–H groups in total. The standard InChI is InChI=1S/C13H21FN2O/c1-3-4-5-6-7-17-13-11(9-15-2)8-12(14)10-16-13/h8,10,15H,3-7,9H2,1-2H3. The van der Waals surface area contributed by atoms with Crippen LogP contribution in [0.4, 0.5) is 4.39 Å². The third-order valence-corrected chi connectivity index (χ3v) is 2.50. The largest absolute Gasteiger partial charge is 0.477 e. The maximum Gasteiger partial charge on any atom is 0.218 e. The van der Waals surface area contributed by atoms with Crippen molar-refractivity contribution in [2.45, 2.75) is 39.2 Å². The van der Waals surface area contributed by atoms with Crippen LogP contribution in [0.1, 0.15) is 38.2 Å². The van der Waals surface area contributed by atoms with Gasteiger partial charge in [0.05, 0.1) is 12.8 Å². The molecule has 0 bridgehead atoms.